The molecule has 0 aliphatic heterocycles. The van der Waals surface area contributed by atoms with Crippen molar-refractivity contribution in [2.75, 3.05) is 0 Å². The number of rotatable bonds is 2. The zero-order chi connectivity index (χ0) is 7.40. The maximum atomic E-state index is 8.03. The molecule has 0 spiro atoms. The van der Waals surface area contributed by atoms with Crippen LogP contribution < -0.4 is 0 Å². The zero-order valence-corrected chi connectivity index (χ0v) is 6.73. The molecular formula is C6H6O2S2. The van der Waals surface area contributed by atoms with Crippen molar-refractivity contribution in [3.63, 3.8) is 0 Å². The second kappa shape index (κ2) is 3.88. The minimum absolute atomic E-state index is 0.848. The summed E-state index contributed by atoms with van der Waals surface area (Å²) in [6, 6.07) is 7.27. The summed E-state index contributed by atoms with van der Waals surface area (Å²) in [4.78, 5) is 1.74. The molecule has 0 aromatic heterocycles. The average molecular weight is 174 g/mol. The van der Waals surface area contributed by atoms with E-state index in [1.807, 2.05) is 24.3 Å². The van der Waals surface area contributed by atoms with E-state index in [-0.39, 0.29) is 0 Å². The quantitative estimate of drug-likeness (QED) is 0.312. The van der Waals surface area contributed by atoms with Gasteiger partial charge in [0.15, 0.2) is 0 Å². The maximum Gasteiger partial charge on any atom is 0.0679 e. The summed E-state index contributed by atoms with van der Waals surface area (Å²) in [7, 11) is 0. The lowest BCUT2D eigenvalue weighted by Gasteiger charge is -1.94. The van der Waals surface area contributed by atoms with Crippen molar-refractivity contribution in [3.8, 4) is 0 Å². The van der Waals surface area contributed by atoms with Gasteiger partial charge in [-0.3, -0.25) is 0 Å². The Morgan fingerprint density at radius 3 is 2.40 bits per heavy atom. The molecule has 1 aromatic carbocycles. The van der Waals surface area contributed by atoms with Crippen LogP contribution in [0.2, 0.25) is 0 Å². The zero-order valence-electron chi connectivity index (χ0n) is 5.02. The summed E-state index contributed by atoms with van der Waals surface area (Å²) in [5, 5.41) is 8.03. The fourth-order valence-corrected chi connectivity index (χ4v) is 1.03. The molecule has 0 saturated carbocycles. The molecule has 1 N–H and O–H groups in total. The van der Waals surface area contributed by atoms with Gasteiger partial charge in [-0.1, -0.05) is 0 Å². The Hall–Kier alpha value is -0.160. The first-order valence-electron chi connectivity index (χ1n) is 2.60. The van der Waals surface area contributed by atoms with E-state index in [1.54, 1.807) is 0 Å². The van der Waals surface area contributed by atoms with Gasteiger partial charge < -0.3 is 0 Å². The topological polar surface area (TPSA) is 29.5 Å². The van der Waals surface area contributed by atoms with Gasteiger partial charge in [0.25, 0.3) is 0 Å². The molecule has 0 bridgehead atoms. The van der Waals surface area contributed by atoms with Crippen molar-refractivity contribution in [1.29, 1.82) is 0 Å². The maximum absolute atomic E-state index is 8.03. The van der Waals surface area contributed by atoms with Crippen LogP contribution in [0.4, 0.5) is 0 Å². The predicted octanol–water partition coefficient (Wildman–Crippen LogP) is 2.47. The Morgan fingerprint density at radius 2 is 1.90 bits per heavy atom. The van der Waals surface area contributed by atoms with Gasteiger partial charge in [0.1, 0.15) is 0 Å². The molecule has 0 aliphatic rings. The second-order valence-electron chi connectivity index (χ2n) is 1.65. The van der Waals surface area contributed by atoms with Crippen molar-refractivity contribution in [2.24, 2.45) is 0 Å². The summed E-state index contributed by atoms with van der Waals surface area (Å²) in [5.41, 5.74) is 0. The lowest BCUT2D eigenvalue weighted by Crippen LogP contribution is -1.71. The van der Waals surface area contributed by atoms with Crippen molar-refractivity contribution < 1.29 is 9.59 Å². The van der Waals surface area contributed by atoms with Crippen LogP contribution in [0, 0.1) is 0 Å². The molecule has 0 aliphatic carbocycles. The summed E-state index contributed by atoms with van der Waals surface area (Å²) in [5.74, 6) is 0. The van der Waals surface area contributed by atoms with E-state index in [1.165, 1.54) is 0 Å². The van der Waals surface area contributed by atoms with Crippen LogP contribution in [0.15, 0.2) is 34.1 Å². The molecule has 0 unspecified atom stereocenters. The van der Waals surface area contributed by atoms with E-state index >= 15 is 0 Å². The second-order valence-corrected chi connectivity index (χ2v) is 2.96. The molecule has 0 atom stereocenters. The number of thiol groups is 1. The lowest BCUT2D eigenvalue weighted by atomic mass is 10.4. The summed E-state index contributed by atoms with van der Waals surface area (Å²) >= 11 is 4.99. The van der Waals surface area contributed by atoms with E-state index in [4.69, 9.17) is 5.26 Å². The highest BCUT2D eigenvalue weighted by atomic mass is 32.2. The Morgan fingerprint density at radius 1 is 1.30 bits per heavy atom. The van der Waals surface area contributed by atoms with E-state index in [0.717, 1.165) is 21.8 Å². The van der Waals surface area contributed by atoms with Gasteiger partial charge in [0, 0.05) is 9.79 Å². The van der Waals surface area contributed by atoms with Crippen molar-refractivity contribution in [2.45, 2.75) is 9.79 Å². The first kappa shape index (κ1) is 7.94. The highest BCUT2D eigenvalue weighted by molar-refractivity contribution is 7.94. The molecule has 54 valence electrons. The molecule has 0 fully saturated rings. The first-order chi connectivity index (χ1) is 4.83. The Kier molecular flexibility index (Phi) is 3.08. The van der Waals surface area contributed by atoms with Crippen molar-refractivity contribution in [1.82, 2.24) is 0 Å². The van der Waals surface area contributed by atoms with Gasteiger partial charge >= 0.3 is 0 Å². The van der Waals surface area contributed by atoms with Gasteiger partial charge in [-0.2, -0.15) is 4.33 Å². The molecule has 0 amide bonds. The molecular weight excluding hydrogens is 168 g/mol. The summed E-state index contributed by atoms with van der Waals surface area (Å²) < 4.78 is 3.86. The highest BCUT2D eigenvalue weighted by Crippen LogP contribution is 2.18. The number of hydrogen-bond acceptors (Lipinski definition) is 4. The van der Waals surface area contributed by atoms with Crippen LogP contribution in [-0.2, 0) is 4.33 Å². The first-order valence-corrected chi connectivity index (χ1v) is 3.79. The molecule has 10 heavy (non-hydrogen) atoms. The van der Waals surface area contributed by atoms with Crippen LogP contribution >= 0.6 is 24.7 Å². The third kappa shape index (κ3) is 2.22. The van der Waals surface area contributed by atoms with Crippen molar-refractivity contribution in [3.05, 3.63) is 24.3 Å². The predicted molar refractivity (Wildman–Crippen MR) is 43.3 cm³/mol. The fraction of sp³-hybridized carbons (Fsp3) is 0. The minimum Gasteiger partial charge on any atom is -0.239 e. The van der Waals surface area contributed by atoms with Gasteiger partial charge in [-0.25, -0.2) is 5.26 Å². The van der Waals surface area contributed by atoms with Gasteiger partial charge in [-0.15, -0.1) is 12.6 Å². The van der Waals surface area contributed by atoms with Gasteiger partial charge in [-0.05, 0) is 24.3 Å². The lowest BCUT2D eigenvalue weighted by molar-refractivity contribution is -0.116. The molecule has 1 aromatic rings. The molecule has 1 rings (SSSR count). The third-order valence-electron chi connectivity index (χ3n) is 0.970. The summed E-state index contributed by atoms with van der Waals surface area (Å²) in [6.07, 6.45) is 0. The Labute approximate surface area is 68.8 Å². The molecule has 2 nitrogen and oxygen atoms in total. The highest BCUT2D eigenvalue weighted by Gasteiger charge is 1.91. The number of hydrogen-bond donors (Lipinski definition) is 2. The smallest absolute Gasteiger partial charge is 0.0679 e. The number of benzene rings is 1. The minimum atomic E-state index is 0.848. The van der Waals surface area contributed by atoms with E-state index < -0.39 is 0 Å². The van der Waals surface area contributed by atoms with Crippen LogP contribution in [0.1, 0.15) is 0 Å². The van der Waals surface area contributed by atoms with Crippen LogP contribution in [0.25, 0.3) is 0 Å². The SMILES string of the molecule is OOSc1ccc(S)cc1. The van der Waals surface area contributed by atoms with Crippen molar-refractivity contribution >= 4 is 24.7 Å². The molecule has 0 saturated heterocycles. The molecule has 0 heterocycles. The molecule has 4 heteroatoms. The largest absolute Gasteiger partial charge is 0.239 e. The van der Waals surface area contributed by atoms with Crippen LogP contribution in [-0.4, -0.2) is 5.26 Å². The standard InChI is InChI=1S/C6H6O2S2/c7-8-10-6-3-1-5(9)2-4-6/h1-4,7,9H. The van der Waals surface area contributed by atoms with E-state index in [2.05, 4.69) is 17.0 Å². The van der Waals surface area contributed by atoms with Crippen LogP contribution in [0.3, 0.4) is 0 Å². The Bertz CT molecular complexity index is 197. The van der Waals surface area contributed by atoms with Gasteiger partial charge in [0.2, 0.25) is 0 Å². The van der Waals surface area contributed by atoms with Gasteiger partial charge in [0.05, 0.1) is 12.0 Å². The Balaban J connectivity index is 2.69. The average Bonchev–Trinajstić information content (AvgIpc) is 1.95. The van der Waals surface area contributed by atoms with E-state index in [0.29, 0.717) is 0 Å². The normalized spacial score (nSPS) is 9.80. The monoisotopic (exact) mass is 174 g/mol. The fourth-order valence-electron chi connectivity index (χ4n) is 0.545. The summed E-state index contributed by atoms with van der Waals surface area (Å²) in [6.45, 7) is 0. The third-order valence-corrected chi connectivity index (χ3v) is 1.81. The van der Waals surface area contributed by atoms with Crippen LogP contribution in [0.5, 0.6) is 0 Å². The molecule has 0 radical (unpaired) electrons. The van der Waals surface area contributed by atoms with E-state index in [9.17, 15) is 0 Å².